The highest BCUT2D eigenvalue weighted by molar-refractivity contribution is 6.35. The number of amides is 1. The topological polar surface area (TPSA) is 99.3 Å². The summed E-state index contributed by atoms with van der Waals surface area (Å²) in [5.41, 5.74) is 5.62. The Labute approximate surface area is 199 Å². The van der Waals surface area contributed by atoms with E-state index in [1.165, 1.54) is 19.3 Å². The highest BCUT2D eigenvalue weighted by atomic mass is 16.4. The summed E-state index contributed by atoms with van der Waals surface area (Å²) >= 11 is 0. The van der Waals surface area contributed by atoms with Crippen molar-refractivity contribution in [3.05, 3.63) is 51.8 Å². The molecule has 2 heterocycles. The number of aliphatic carboxylic acids is 1. The fraction of sp³-hybridized carbons (Fsp3) is 0.393. The first kappa shape index (κ1) is 23.6. The van der Waals surface area contributed by atoms with E-state index in [9.17, 15) is 19.5 Å². The van der Waals surface area contributed by atoms with Gasteiger partial charge in [-0.2, -0.15) is 0 Å². The predicted molar refractivity (Wildman–Crippen MR) is 133 cm³/mol. The number of Topliss-reactive ketones (excluding diaryl/α,β-unsaturated/α-hetero) is 1. The number of rotatable bonds is 8. The molecule has 0 bridgehead atoms. The number of carboxylic acid groups (broad SMARTS) is 1. The van der Waals surface area contributed by atoms with Crippen molar-refractivity contribution < 1.29 is 19.5 Å². The number of hydrogen-bond acceptors (Lipinski definition) is 3. The maximum atomic E-state index is 12.8. The second-order valence-corrected chi connectivity index (χ2v) is 8.93. The summed E-state index contributed by atoms with van der Waals surface area (Å²) in [7, 11) is 0. The van der Waals surface area contributed by atoms with E-state index in [1.54, 1.807) is 6.08 Å². The first-order valence-electron chi connectivity index (χ1n) is 12.1. The summed E-state index contributed by atoms with van der Waals surface area (Å²) < 4.78 is 0. The second-order valence-electron chi connectivity index (χ2n) is 8.93. The fourth-order valence-corrected chi connectivity index (χ4v) is 4.67. The van der Waals surface area contributed by atoms with Crippen LogP contribution in [0, 0.1) is 11.8 Å². The number of aromatic amines is 1. The van der Waals surface area contributed by atoms with E-state index in [-0.39, 0.29) is 24.5 Å². The zero-order chi connectivity index (χ0) is 24.1. The van der Waals surface area contributed by atoms with Crippen molar-refractivity contribution in [3.8, 4) is 11.8 Å². The summed E-state index contributed by atoms with van der Waals surface area (Å²) in [6, 6.07) is 5.69. The molecule has 0 spiro atoms. The summed E-state index contributed by atoms with van der Waals surface area (Å²) in [6.45, 7) is 2.19. The molecule has 6 heteroatoms. The molecule has 6 nitrogen and oxygen atoms in total. The molecular weight excluding hydrogens is 428 g/mol. The molecule has 4 rings (SSSR count). The molecule has 0 unspecified atom stereocenters. The van der Waals surface area contributed by atoms with Crippen molar-refractivity contribution in [1.82, 2.24) is 4.98 Å². The molecule has 1 amide bonds. The molecule has 1 aliphatic carbocycles. The van der Waals surface area contributed by atoms with Gasteiger partial charge in [-0.15, -0.1) is 0 Å². The molecule has 0 saturated carbocycles. The van der Waals surface area contributed by atoms with Gasteiger partial charge >= 0.3 is 5.97 Å². The molecular formula is C28H30N2O4. The van der Waals surface area contributed by atoms with Crippen molar-refractivity contribution in [3.63, 3.8) is 0 Å². The maximum absolute atomic E-state index is 12.8. The molecule has 0 fully saturated rings. The Morgan fingerprint density at radius 2 is 2.03 bits per heavy atom. The number of anilines is 1. The highest BCUT2D eigenvalue weighted by Gasteiger charge is 2.28. The molecule has 0 saturated heterocycles. The highest BCUT2D eigenvalue weighted by Crippen LogP contribution is 2.36. The molecule has 2 aliphatic rings. The van der Waals surface area contributed by atoms with Gasteiger partial charge in [-0.05, 0) is 55.5 Å². The number of aryl methyl sites for hydroxylation is 1. The number of aromatic nitrogens is 1. The Kier molecular flexibility index (Phi) is 7.32. The smallest absolute Gasteiger partial charge is 0.303 e. The Morgan fingerprint density at radius 3 is 2.82 bits per heavy atom. The van der Waals surface area contributed by atoms with Gasteiger partial charge in [0.25, 0.3) is 5.91 Å². The molecule has 1 aromatic heterocycles. The van der Waals surface area contributed by atoms with Gasteiger partial charge in [-0.3, -0.25) is 14.4 Å². The quantitative estimate of drug-likeness (QED) is 0.281. The Balaban J connectivity index is 1.66. The van der Waals surface area contributed by atoms with Gasteiger partial charge in [0, 0.05) is 53.0 Å². The number of unbranched alkanes of at least 4 members (excludes halogenated alkanes) is 4. The van der Waals surface area contributed by atoms with E-state index >= 15 is 0 Å². The van der Waals surface area contributed by atoms with E-state index < -0.39 is 5.97 Å². The number of nitrogens with one attached hydrogen (secondary N) is 2. The van der Waals surface area contributed by atoms with Crippen LogP contribution in [0.2, 0.25) is 0 Å². The number of fused-ring (bicyclic) bond motifs is 2. The maximum Gasteiger partial charge on any atom is 0.303 e. The number of carboxylic acids is 1. The number of carbonyl (C=O) groups excluding carboxylic acids is 2. The molecule has 176 valence electrons. The minimum Gasteiger partial charge on any atom is -0.481 e. The van der Waals surface area contributed by atoms with E-state index in [1.807, 2.05) is 18.2 Å². The summed E-state index contributed by atoms with van der Waals surface area (Å²) in [4.78, 5) is 39.9. The first-order chi connectivity index (χ1) is 16.5. The van der Waals surface area contributed by atoms with Gasteiger partial charge in [0.15, 0.2) is 5.78 Å². The Morgan fingerprint density at radius 1 is 1.18 bits per heavy atom. The number of ketones is 1. The minimum atomic E-state index is -0.918. The van der Waals surface area contributed by atoms with Gasteiger partial charge in [0.1, 0.15) is 0 Å². The predicted octanol–water partition coefficient (Wildman–Crippen LogP) is 5.37. The third-order valence-corrected chi connectivity index (χ3v) is 6.39. The number of hydrogen-bond donors (Lipinski definition) is 3. The zero-order valence-corrected chi connectivity index (χ0v) is 19.6. The molecule has 3 N–H and O–H groups in total. The molecule has 2 aromatic rings. The SMILES string of the molecule is CCCCCCC#Cc1ccc2c(c1)C(=Cc1[nH]c3c(c1CCC(=O)O)C(=O)CCC3)C(=O)N2. The second kappa shape index (κ2) is 10.6. The minimum absolute atomic E-state index is 0.0373. The normalized spacial score (nSPS) is 15.5. The average molecular weight is 459 g/mol. The fourth-order valence-electron chi connectivity index (χ4n) is 4.67. The summed E-state index contributed by atoms with van der Waals surface area (Å²) in [6.07, 6.45) is 9.45. The third-order valence-electron chi connectivity index (χ3n) is 6.39. The van der Waals surface area contributed by atoms with Gasteiger partial charge in [-0.1, -0.05) is 38.0 Å². The van der Waals surface area contributed by atoms with Gasteiger partial charge in [0.2, 0.25) is 0 Å². The van der Waals surface area contributed by atoms with Crippen LogP contribution in [0.5, 0.6) is 0 Å². The third kappa shape index (κ3) is 5.14. The van der Waals surface area contributed by atoms with Crippen molar-refractivity contribution in [2.24, 2.45) is 0 Å². The van der Waals surface area contributed by atoms with Gasteiger partial charge in [0.05, 0.1) is 5.57 Å². The van der Waals surface area contributed by atoms with Crippen molar-refractivity contribution in [1.29, 1.82) is 0 Å². The van der Waals surface area contributed by atoms with Crippen molar-refractivity contribution >= 4 is 35.0 Å². The number of benzene rings is 1. The first-order valence-corrected chi connectivity index (χ1v) is 12.1. The van der Waals surface area contributed by atoms with Crippen LogP contribution in [0.15, 0.2) is 18.2 Å². The molecule has 0 radical (unpaired) electrons. The van der Waals surface area contributed by atoms with Crippen LogP contribution in [-0.4, -0.2) is 27.8 Å². The van der Waals surface area contributed by atoms with Crippen LogP contribution in [0.1, 0.15) is 96.7 Å². The van der Waals surface area contributed by atoms with Gasteiger partial charge in [-0.25, -0.2) is 0 Å². The van der Waals surface area contributed by atoms with E-state index in [2.05, 4.69) is 29.1 Å². The van der Waals surface area contributed by atoms with Crippen molar-refractivity contribution in [2.75, 3.05) is 5.32 Å². The van der Waals surface area contributed by atoms with Gasteiger partial charge < -0.3 is 15.4 Å². The lowest BCUT2D eigenvalue weighted by molar-refractivity contribution is -0.137. The Bertz CT molecular complexity index is 1220. The van der Waals surface area contributed by atoms with E-state index in [0.717, 1.165) is 48.2 Å². The molecule has 0 atom stereocenters. The van der Waals surface area contributed by atoms with Crippen LogP contribution in [0.4, 0.5) is 5.69 Å². The lowest BCUT2D eigenvalue weighted by Gasteiger charge is -2.11. The lowest BCUT2D eigenvalue weighted by Crippen LogP contribution is -2.11. The van der Waals surface area contributed by atoms with Crippen molar-refractivity contribution in [2.45, 2.75) is 71.1 Å². The molecule has 1 aliphatic heterocycles. The van der Waals surface area contributed by atoms with Crippen LogP contribution in [-0.2, 0) is 22.4 Å². The van der Waals surface area contributed by atoms with Crippen LogP contribution >= 0.6 is 0 Å². The van der Waals surface area contributed by atoms with Crippen LogP contribution in [0.25, 0.3) is 11.6 Å². The van der Waals surface area contributed by atoms with E-state index in [0.29, 0.717) is 28.8 Å². The Hall–Kier alpha value is -3.59. The molecule has 34 heavy (non-hydrogen) atoms. The summed E-state index contributed by atoms with van der Waals surface area (Å²) in [5.74, 6) is 5.33. The summed E-state index contributed by atoms with van der Waals surface area (Å²) in [5, 5.41) is 12.1. The number of carbonyl (C=O) groups is 3. The van der Waals surface area contributed by atoms with E-state index in [4.69, 9.17) is 0 Å². The average Bonchev–Trinajstić information content (AvgIpc) is 3.32. The monoisotopic (exact) mass is 458 g/mol. The largest absolute Gasteiger partial charge is 0.481 e. The number of H-pyrrole nitrogens is 1. The standard InChI is InChI=1S/C28H30N2O4/c1-2-3-4-5-6-7-9-18-12-14-22-20(16-18)21(28(34)30-22)17-24-19(13-15-26(32)33)27-23(29-24)10-8-11-25(27)31/h12,14,16-17,29H,2-6,8,10-11,13,15H2,1H3,(H,30,34)(H,32,33). The zero-order valence-electron chi connectivity index (χ0n) is 19.6. The molecule has 1 aromatic carbocycles. The van der Waals surface area contributed by atoms with Crippen LogP contribution in [0.3, 0.4) is 0 Å². The lowest BCUT2D eigenvalue weighted by atomic mass is 9.91. The van der Waals surface area contributed by atoms with Crippen LogP contribution < -0.4 is 5.32 Å².